The van der Waals surface area contributed by atoms with Crippen molar-refractivity contribution in [3.8, 4) is 0 Å². The molecule has 0 aliphatic heterocycles. The molecule has 5 N–H and O–H groups in total. The van der Waals surface area contributed by atoms with E-state index in [1.165, 1.54) is 0 Å². The number of hydrogen-bond acceptors (Lipinski definition) is 2. The predicted molar refractivity (Wildman–Crippen MR) is 70.2 cm³/mol. The molecular weight excluding hydrogens is 314 g/mol. The van der Waals surface area contributed by atoms with Crippen LogP contribution in [0.3, 0.4) is 0 Å². The van der Waals surface area contributed by atoms with Crippen LogP contribution in [-0.2, 0) is 0 Å². The van der Waals surface area contributed by atoms with E-state index in [2.05, 4.69) is 0 Å². The highest BCUT2D eigenvalue weighted by molar-refractivity contribution is 14.0. The monoisotopic (exact) mass is 326 g/mol. The fraction of sp³-hybridized carbons (Fsp3) is 0.125. The van der Waals surface area contributed by atoms with Crippen molar-refractivity contribution in [2.24, 2.45) is 11.6 Å². The van der Waals surface area contributed by atoms with E-state index in [0.29, 0.717) is 10.7 Å². The van der Waals surface area contributed by atoms with E-state index in [0.717, 1.165) is 10.6 Å². The van der Waals surface area contributed by atoms with Gasteiger partial charge in [0.2, 0.25) is 5.96 Å². The molecule has 0 saturated carbocycles. The molecule has 0 unspecified atom stereocenters. The van der Waals surface area contributed by atoms with Gasteiger partial charge in [0.25, 0.3) is 0 Å². The Kier molecular flexibility index (Phi) is 5.17. The van der Waals surface area contributed by atoms with Gasteiger partial charge in [-0.1, -0.05) is 11.6 Å². The van der Waals surface area contributed by atoms with Crippen molar-refractivity contribution in [1.82, 2.24) is 0 Å². The third-order valence-corrected chi connectivity index (χ3v) is 1.91. The SMILES string of the molecule is Cc1cc(Cl)ccc1N(N)C(=N)N.I. The lowest BCUT2D eigenvalue weighted by atomic mass is 10.2. The maximum Gasteiger partial charge on any atom is 0.207 e. The molecule has 0 amide bonds. The lowest BCUT2D eigenvalue weighted by Gasteiger charge is -2.18. The van der Waals surface area contributed by atoms with Gasteiger partial charge in [0.15, 0.2) is 0 Å². The van der Waals surface area contributed by atoms with Gasteiger partial charge >= 0.3 is 0 Å². The van der Waals surface area contributed by atoms with Crippen LogP contribution in [0, 0.1) is 12.3 Å². The Morgan fingerprint density at radius 1 is 1.50 bits per heavy atom. The lowest BCUT2D eigenvalue weighted by molar-refractivity contribution is 1.08. The highest BCUT2D eigenvalue weighted by Gasteiger charge is 2.07. The summed E-state index contributed by atoms with van der Waals surface area (Å²) in [6.45, 7) is 1.85. The summed E-state index contributed by atoms with van der Waals surface area (Å²) >= 11 is 5.76. The van der Waals surface area contributed by atoms with E-state index in [1.807, 2.05) is 6.92 Å². The number of aryl methyl sites for hydroxylation is 1. The highest BCUT2D eigenvalue weighted by atomic mass is 127. The Bertz CT molecular complexity index is 342. The summed E-state index contributed by atoms with van der Waals surface area (Å²) in [5, 5.41) is 8.87. The average molecular weight is 327 g/mol. The molecule has 1 rings (SSSR count). The first-order chi connectivity index (χ1) is 6.02. The number of benzene rings is 1. The van der Waals surface area contributed by atoms with Gasteiger partial charge in [0.05, 0.1) is 5.69 Å². The summed E-state index contributed by atoms with van der Waals surface area (Å²) in [5.41, 5.74) is 6.78. The van der Waals surface area contributed by atoms with Crippen LogP contribution in [0.4, 0.5) is 5.69 Å². The first kappa shape index (κ1) is 13.5. The van der Waals surface area contributed by atoms with Crippen molar-refractivity contribution in [3.63, 3.8) is 0 Å². The minimum atomic E-state index is -0.203. The summed E-state index contributed by atoms with van der Waals surface area (Å²) in [6.07, 6.45) is 0. The molecule has 0 aliphatic carbocycles. The summed E-state index contributed by atoms with van der Waals surface area (Å²) < 4.78 is 0. The molecule has 0 radical (unpaired) electrons. The highest BCUT2D eigenvalue weighted by Crippen LogP contribution is 2.21. The van der Waals surface area contributed by atoms with E-state index in [-0.39, 0.29) is 29.9 Å². The first-order valence-electron chi connectivity index (χ1n) is 3.67. The van der Waals surface area contributed by atoms with Crippen LogP contribution in [0.2, 0.25) is 5.02 Å². The Hall–Kier alpha value is -0.530. The second-order valence-electron chi connectivity index (χ2n) is 2.69. The Labute approximate surface area is 105 Å². The Morgan fingerprint density at radius 2 is 2.07 bits per heavy atom. The van der Waals surface area contributed by atoms with Crippen LogP contribution >= 0.6 is 35.6 Å². The van der Waals surface area contributed by atoms with Gasteiger partial charge in [-0.05, 0) is 30.7 Å². The zero-order valence-corrected chi connectivity index (χ0v) is 10.7. The molecule has 0 heterocycles. The van der Waals surface area contributed by atoms with Crippen molar-refractivity contribution in [2.45, 2.75) is 6.92 Å². The zero-order chi connectivity index (χ0) is 10.0. The molecule has 0 fully saturated rings. The van der Waals surface area contributed by atoms with Crippen LogP contribution in [0.5, 0.6) is 0 Å². The van der Waals surface area contributed by atoms with E-state index in [4.69, 9.17) is 28.6 Å². The number of halogens is 2. The van der Waals surface area contributed by atoms with Crippen LogP contribution < -0.4 is 16.6 Å². The fourth-order valence-corrected chi connectivity index (χ4v) is 1.25. The number of nitrogens with one attached hydrogen (secondary N) is 1. The third kappa shape index (κ3) is 3.00. The molecule has 1 aromatic carbocycles. The van der Waals surface area contributed by atoms with E-state index < -0.39 is 0 Å². The number of guanidine groups is 1. The molecule has 78 valence electrons. The molecule has 0 saturated heterocycles. The summed E-state index contributed by atoms with van der Waals surface area (Å²) in [6, 6.07) is 5.19. The summed E-state index contributed by atoms with van der Waals surface area (Å²) in [4.78, 5) is 0. The molecule has 14 heavy (non-hydrogen) atoms. The Balaban J connectivity index is 0.00000169. The third-order valence-electron chi connectivity index (χ3n) is 1.68. The average Bonchev–Trinajstić information content (AvgIpc) is 2.03. The van der Waals surface area contributed by atoms with E-state index in [1.54, 1.807) is 18.2 Å². The second kappa shape index (κ2) is 5.38. The number of anilines is 1. The van der Waals surface area contributed by atoms with Gasteiger partial charge in [-0.15, -0.1) is 24.0 Å². The van der Waals surface area contributed by atoms with Crippen LogP contribution in [0.25, 0.3) is 0 Å². The molecule has 1 aromatic rings. The predicted octanol–water partition coefficient (Wildman–Crippen LogP) is 1.84. The fourth-order valence-electron chi connectivity index (χ4n) is 1.02. The normalized spacial score (nSPS) is 9.07. The summed E-state index contributed by atoms with van der Waals surface area (Å²) in [7, 11) is 0. The van der Waals surface area contributed by atoms with Crippen LogP contribution in [0.1, 0.15) is 5.56 Å². The van der Waals surface area contributed by atoms with Crippen LogP contribution in [0.15, 0.2) is 18.2 Å². The molecule has 4 nitrogen and oxygen atoms in total. The quantitative estimate of drug-likeness (QED) is 0.242. The van der Waals surface area contributed by atoms with Gasteiger partial charge in [-0.2, -0.15) is 0 Å². The topological polar surface area (TPSA) is 79.1 Å². The maximum absolute atomic E-state index is 7.13. The molecule has 6 heteroatoms. The Morgan fingerprint density at radius 3 is 2.50 bits per heavy atom. The minimum absolute atomic E-state index is 0. The van der Waals surface area contributed by atoms with Crippen molar-refractivity contribution in [2.75, 3.05) is 5.01 Å². The van der Waals surface area contributed by atoms with Crippen molar-refractivity contribution in [3.05, 3.63) is 28.8 Å². The van der Waals surface area contributed by atoms with Gasteiger partial charge in [0.1, 0.15) is 0 Å². The summed E-state index contributed by atoms with van der Waals surface area (Å²) in [5.74, 6) is 5.33. The number of hydrazine groups is 1. The number of nitrogens with zero attached hydrogens (tertiary/aromatic N) is 1. The van der Waals surface area contributed by atoms with E-state index in [9.17, 15) is 0 Å². The number of rotatable bonds is 1. The van der Waals surface area contributed by atoms with Gasteiger partial charge in [-0.3, -0.25) is 5.41 Å². The van der Waals surface area contributed by atoms with Gasteiger partial charge < -0.3 is 5.73 Å². The smallest absolute Gasteiger partial charge is 0.207 e. The van der Waals surface area contributed by atoms with Crippen molar-refractivity contribution in [1.29, 1.82) is 5.41 Å². The number of hydrogen-bond donors (Lipinski definition) is 3. The van der Waals surface area contributed by atoms with Gasteiger partial charge in [-0.25, -0.2) is 10.9 Å². The van der Waals surface area contributed by atoms with Crippen molar-refractivity contribution >= 4 is 47.2 Å². The van der Waals surface area contributed by atoms with Gasteiger partial charge in [0, 0.05) is 5.02 Å². The molecule has 0 spiro atoms. The molecular formula is C8H12ClIN4. The molecule has 0 bridgehead atoms. The zero-order valence-electron chi connectivity index (χ0n) is 7.62. The maximum atomic E-state index is 7.13. The standard InChI is InChI=1S/C8H11ClN4.HI/c1-5-4-6(9)2-3-7(5)13(12)8(10)11;/h2-4H,12H2,1H3,(H3,10,11);1H. The lowest BCUT2D eigenvalue weighted by Crippen LogP contribution is -2.42. The minimum Gasteiger partial charge on any atom is -0.369 e. The van der Waals surface area contributed by atoms with Crippen LogP contribution in [-0.4, -0.2) is 5.96 Å². The molecule has 0 aliphatic rings. The van der Waals surface area contributed by atoms with E-state index >= 15 is 0 Å². The molecule has 0 atom stereocenters. The van der Waals surface area contributed by atoms with Crippen molar-refractivity contribution < 1.29 is 0 Å². The number of nitrogens with two attached hydrogens (primary N) is 2. The first-order valence-corrected chi connectivity index (χ1v) is 4.05. The second-order valence-corrected chi connectivity index (χ2v) is 3.12. The molecule has 0 aromatic heterocycles. The largest absolute Gasteiger partial charge is 0.369 e.